The Morgan fingerprint density at radius 2 is 2.09 bits per heavy atom. The molecule has 1 unspecified atom stereocenters. The summed E-state index contributed by atoms with van der Waals surface area (Å²) in [7, 11) is 0. The van der Waals surface area contributed by atoms with E-state index in [0.717, 1.165) is 0 Å². The topological polar surface area (TPSA) is 52.2 Å². The van der Waals surface area contributed by atoms with Gasteiger partial charge in [-0.1, -0.05) is 12.8 Å². The molecule has 1 radical (unpaired) electrons. The van der Waals surface area contributed by atoms with Gasteiger partial charge in [-0.15, -0.1) is 0 Å². The molecule has 1 aliphatic rings. The summed E-state index contributed by atoms with van der Waals surface area (Å²) in [6.07, 6.45) is 4.27. The van der Waals surface area contributed by atoms with Crippen LogP contribution in [0.1, 0.15) is 25.7 Å². The van der Waals surface area contributed by atoms with Crippen molar-refractivity contribution in [2.45, 2.75) is 37.8 Å². The standard InChI is InChI=1S/C8H16NO2/c10-6-8(11)5-9-7-3-1-2-4-7/h7-9,11H,1-6H2. The molecule has 65 valence electrons. The Morgan fingerprint density at radius 3 is 2.64 bits per heavy atom. The van der Waals surface area contributed by atoms with Gasteiger partial charge in [-0.05, 0) is 12.8 Å². The molecule has 1 fully saturated rings. The first kappa shape index (κ1) is 8.97. The van der Waals surface area contributed by atoms with Gasteiger partial charge in [0.15, 0.2) is 0 Å². The zero-order valence-electron chi connectivity index (χ0n) is 6.75. The van der Waals surface area contributed by atoms with Crippen molar-refractivity contribution in [1.82, 2.24) is 5.32 Å². The molecule has 1 saturated carbocycles. The van der Waals surface area contributed by atoms with Crippen molar-refractivity contribution in [3.63, 3.8) is 0 Å². The van der Waals surface area contributed by atoms with Gasteiger partial charge in [0.1, 0.15) is 6.61 Å². The summed E-state index contributed by atoms with van der Waals surface area (Å²) in [5, 5.41) is 22.3. The first-order valence-corrected chi connectivity index (χ1v) is 4.32. The van der Waals surface area contributed by atoms with E-state index in [2.05, 4.69) is 5.32 Å². The van der Waals surface area contributed by atoms with Crippen molar-refractivity contribution in [1.29, 1.82) is 0 Å². The molecule has 0 spiro atoms. The molecule has 1 rings (SSSR count). The van der Waals surface area contributed by atoms with Crippen LogP contribution in [0.25, 0.3) is 0 Å². The van der Waals surface area contributed by atoms with E-state index < -0.39 is 6.10 Å². The molecule has 0 amide bonds. The van der Waals surface area contributed by atoms with Crippen LogP contribution in [-0.2, 0) is 5.11 Å². The van der Waals surface area contributed by atoms with E-state index >= 15 is 0 Å². The van der Waals surface area contributed by atoms with Crippen molar-refractivity contribution < 1.29 is 10.2 Å². The molecule has 0 aromatic heterocycles. The van der Waals surface area contributed by atoms with Crippen LogP contribution in [0.2, 0.25) is 0 Å². The van der Waals surface area contributed by atoms with Crippen LogP contribution in [-0.4, -0.2) is 30.4 Å². The maximum atomic E-state index is 10.1. The molecule has 1 aliphatic carbocycles. The number of rotatable bonds is 4. The molecule has 0 saturated heterocycles. The molecule has 2 N–H and O–H groups in total. The number of aliphatic hydroxyl groups excluding tert-OH is 1. The molecule has 0 aromatic carbocycles. The summed E-state index contributed by atoms with van der Waals surface area (Å²) in [5.74, 6) is 0. The lowest BCUT2D eigenvalue weighted by Gasteiger charge is -2.13. The quantitative estimate of drug-likeness (QED) is 0.618. The maximum Gasteiger partial charge on any atom is 0.109 e. The normalized spacial score (nSPS) is 22.4. The smallest absolute Gasteiger partial charge is 0.109 e. The highest BCUT2D eigenvalue weighted by Gasteiger charge is 2.14. The van der Waals surface area contributed by atoms with E-state index in [9.17, 15) is 5.11 Å². The van der Waals surface area contributed by atoms with Crippen LogP contribution in [0, 0.1) is 0 Å². The maximum absolute atomic E-state index is 10.1. The molecular formula is C8H16NO2. The second kappa shape index (κ2) is 4.70. The SMILES string of the molecule is [O]CC(O)CNC1CCCC1. The van der Waals surface area contributed by atoms with E-state index in [-0.39, 0.29) is 6.61 Å². The van der Waals surface area contributed by atoms with Gasteiger partial charge in [0.25, 0.3) is 0 Å². The molecule has 0 bridgehead atoms. The highest BCUT2D eigenvalue weighted by molar-refractivity contribution is 4.74. The van der Waals surface area contributed by atoms with Gasteiger partial charge in [0, 0.05) is 12.6 Å². The Kier molecular flexibility index (Phi) is 3.83. The molecule has 0 heterocycles. The predicted molar refractivity (Wildman–Crippen MR) is 41.8 cm³/mol. The monoisotopic (exact) mass is 158 g/mol. The van der Waals surface area contributed by atoms with Gasteiger partial charge in [-0.3, -0.25) is 0 Å². The Labute approximate surface area is 67.4 Å². The number of hydrogen-bond acceptors (Lipinski definition) is 2. The molecule has 3 heteroatoms. The fourth-order valence-electron chi connectivity index (χ4n) is 1.49. The Balaban J connectivity index is 2.01. The highest BCUT2D eigenvalue weighted by Crippen LogP contribution is 2.17. The van der Waals surface area contributed by atoms with E-state index in [0.29, 0.717) is 12.6 Å². The summed E-state index contributed by atoms with van der Waals surface area (Å²) < 4.78 is 0. The Bertz CT molecular complexity index is 102. The van der Waals surface area contributed by atoms with E-state index in [1.165, 1.54) is 25.7 Å². The van der Waals surface area contributed by atoms with Crippen molar-refractivity contribution >= 4 is 0 Å². The van der Waals surface area contributed by atoms with Crippen molar-refractivity contribution in [3.8, 4) is 0 Å². The minimum absolute atomic E-state index is 0.389. The van der Waals surface area contributed by atoms with E-state index in [4.69, 9.17) is 5.11 Å². The first-order valence-electron chi connectivity index (χ1n) is 4.32. The average molecular weight is 158 g/mol. The molecular weight excluding hydrogens is 142 g/mol. The molecule has 3 nitrogen and oxygen atoms in total. The van der Waals surface area contributed by atoms with Crippen LogP contribution in [0.15, 0.2) is 0 Å². The Hall–Kier alpha value is -0.120. The van der Waals surface area contributed by atoms with E-state index in [1.807, 2.05) is 0 Å². The van der Waals surface area contributed by atoms with Crippen molar-refractivity contribution in [2.24, 2.45) is 0 Å². The summed E-state index contributed by atoms with van der Waals surface area (Å²) in [4.78, 5) is 0. The zero-order chi connectivity index (χ0) is 8.10. The van der Waals surface area contributed by atoms with Gasteiger partial charge in [-0.2, -0.15) is 0 Å². The lowest BCUT2D eigenvalue weighted by molar-refractivity contribution is 0.0538. The third-order valence-corrected chi connectivity index (χ3v) is 2.19. The number of aliphatic hydroxyl groups is 1. The average Bonchev–Trinajstić information content (AvgIpc) is 2.52. The van der Waals surface area contributed by atoms with Crippen molar-refractivity contribution in [2.75, 3.05) is 13.2 Å². The number of nitrogens with one attached hydrogen (secondary N) is 1. The van der Waals surface area contributed by atoms with Crippen LogP contribution in [0.4, 0.5) is 0 Å². The summed E-state index contributed by atoms with van der Waals surface area (Å²) in [5.41, 5.74) is 0. The summed E-state index contributed by atoms with van der Waals surface area (Å²) in [6, 6.07) is 0.552. The van der Waals surface area contributed by atoms with Crippen molar-refractivity contribution in [3.05, 3.63) is 0 Å². The second-order valence-electron chi connectivity index (χ2n) is 3.21. The van der Waals surface area contributed by atoms with E-state index in [1.54, 1.807) is 0 Å². The largest absolute Gasteiger partial charge is 0.389 e. The fourth-order valence-corrected chi connectivity index (χ4v) is 1.49. The minimum atomic E-state index is -0.699. The minimum Gasteiger partial charge on any atom is -0.389 e. The molecule has 0 aliphatic heterocycles. The summed E-state index contributed by atoms with van der Waals surface area (Å²) in [6.45, 7) is 0.0773. The lowest BCUT2D eigenvalue weighted by Crippen LogP contribution is -2.35. The third kappa shape index (κ3) is 3.18. The third-order valence-electron chi connectivity index (χ3n) is 2.19. The first-order chi connectivity index (χ1) is 5.33. The van der Waals surface area contributed by atoms with Gasteiger partial charge in [0.2, 0.25) is 0 Å². The van der Waals surface area contributed by atoms with Gasteiger partial charge < -0.3 is 10.4 Å². The predicted octanol–water partition coefficient (Wildman–Crippen LogP) is 0.310. The van der Waals surface area contributed by atoms with Crippen LogP contribution < -0.4 is 5.32 Å². The van der Waals surface area contributed by atoms with Gasteiger partial charge in [-0.25, -0.2) is 5.11 Å². The van der Waals surface area contributed by atoms with Crippen LogP contribution in [0.5, 0.6) is 0 Å². The molecule has 0 aromatic rings. The van der Waals surface area contributed by atoms with Crippen LogP contribution >= 0.6 is 0 Å². The highest BCUT2D eigenvalue weighted by atomic mass is 16.3. The molecule has 11 heavy (non-hydrogen) atoms. The lowest BCUT2D eigenvalue weighted by atomic mass is 10.2. The summed E-state index contributed by atoms with van der Waals surface area (Å²) >= 11 is 0. The zero-order valence-corrected chi connectivity index (χ0v) is 6.75. The Morgan fingerprint density at radius 1 is 1.45 bits per heavy atom. The second-order valence-corrected chi connectivity index (χ2v) is 3.21. The number of hydrogen-bond donors (Lipinski definition) is 2. The fraction of sp³-hybridized carbons (Fsp3) is 1.00. The van der Waals surface area contributed by atoms with Gasteiger partial charge in [0.05, 0.1) is 6.10 Å². The van der Waals surface area contributed by atoms with Crippen LogP contribution in [0.3, 0.4) is 0 Å². The van der Waals surface area contributed by atoms with Gasteiger partial charge >= 0.3 is 0 Å². The molecule has 1 atom stereocenters.